The maximum atomic E-state index is 13.0. The largest absolute Gasteiger partial charge is 0.494 e. The number of aromatic nitrogens is 2. The first-order chi connectivity index (χ1) is 15.9. The van der Waals surface area contributed by atoms with Crippen LogP contribution in [0.3, 0.4) is 0 Å². The third kappa shape index (κ3) is 5.76. The average Bonchev–Trinajstić information content (AvgIpc) is 3.23. The molecular weight excluding hydrogens is 438 g/mol. The van der Waals surface area contributed by atoms with Crippen LogP contribution in [-0.4, -0.2) is 53.2 Å². The number of carbonyl (C=O) groups is 1. The topological polar surface area (TPSA) is 84.6 Å². The molecule has 3 heterocycles. The van der Waals surface area contributed by atoms with Crippen LogP contribution in [0.4, 0.5) is 5.95 Å². The Morgan fingerprint density at radius 1 is 1.12 bits per heavy atom. The fourth-order valence-corrected chi connectivity index (χ4v) is 5.08. The molecule has 1 atom stereocenters. The summed E-state index contributed by atoms with van der Waals surface area (Å²) in [4.78, 5) is 25.6. The zero-order valence-corrected chi connectivity index (χ0v) is 20.4. The van der Waals surface area contributed by atoms with Crippen molar-refractivity contribution in [1.29, 1.82) is 0 Å². The molecule has 2 saturated heterocycles. The van der Waals surface area contributed by atoms with Crippen LogP contribution < -0.4 is 15.4 Å². The molecule has 2 aromatic rings. The summed E-state index contributed by atoms with van der Waals surface area (Å²) in [5, 5.41) is 0.566. The Bertz CT molecular complexity index is 937. The molecule has 1 amide bonds. The van der Waals surface area contributed by atoms with Gasteiger partial charge in [0.05, 0.1) is 30.2 Å². The van der Waals surface area contributed by atoms with E-state index in [9.17, 15) is 4.79 Å². The highest BCUT2D eigenvalue weighted by Crippen LogP contribution is 2.27. The minimum atomic E-state index is -0.169. The molecule has 8 heteroatoms. The van der Waals surface area contributed by atoms with E-state index >= 15 is 0 Å². The van der Waals surface area contributed by atoms with Crippen LogP contribution in [0.5, 0.6) is 5.75 Å². The van der Waals surface area contributed by atoms with Crippen molar-refractivity contribution in [2.45, 2.75) is 58.5 Å². The lowest BCUT2D eigenvalue weighted by Crippen LogP contribution is -2.41. The molecule has 0 aliphatic carbocycles. The zero-order chi connectivity index (χ0) is 23.4. The molecule has 178 valence electrons. The summed E-state index contributed by atoms with van der Waals surface area (Å²) in [5.74, 6) is 2.34. The SMILES string of the molecule is Cc1cc(OCCCC2CCN(c3ncc(Cl)cn3)CC2)cc(C)c1C(=O)N1CCC[C@H]1N. The van der Waals surface area contributed by atoms with E-state index in [1.165, 1.54) is 0 Å². The molecule has 2 fully saturated rings. The number of nitrogens with two attached hydrogens (primary N) is 1. The van der Waals surface area contributed by atoms with Gasteiger partial charge in [-0.05, 0) is 81.5 Å². The predicted molar refractivity (Wildman–Crippen MR) is 131 cm³/mol. The highest BCUT2D eigenvalue weighted by atomic mass is 35.5. The number of anilines is 1. The van der Waals surface area contributed by atoms with E-state index in [1.807, 2.05) is 26.0 Å². The highest BCUT2D eigenvalue weighted by Gasteiger charge is 2.28. The van der Waals surface area contributed by atoms with Crippen LogP contribution in [0.15, 0.2) is 24.5 Å². The van der Waals surface area contributed by atoms with Gasteiger partial charge in [0.2, 0.25) is 5.95 Å². The molecule has 0 spiro atoms. The van der Waals surface area contributed by atoms with E-state index in [2.05, 4.69) is 14.9 Å². The second-order valence-corrected chi connectivity index (χ2v) is 9.70. The number of rotatable bonds is 7. The Morgan fingerprint density at radius 2 is 1.79 bits per heavy atom. The average molecular weight is 472 g/mol. The van der Waals surface area contributed by atoms with Crippen LogP contribution in [0.1, 0.15) is 60.0 Å². The van der Waals surface area contributed by atoms with Crippen LogP contribution in [0.2, 0.25) is 5.02 Å². The Labute approximate surface area is 201 Å². The number of hydrogen-bond donors (Lipinski definition) is 1. The third-order valence-electron chi connectivity index (χ3n) is 6.81. The Balaban J connectivity index is 1.22. The number of nitrogens with zero attached hydrogens (tertiary/aromatic N) is 4. The summed E-state index contributed by atoms with van der Waals surface area (Å²) in [6.45, 7) is 7.33. The first-order valence-corrected chi connectivity index (χ1v) is 12.3. The van der Waals surface area contributed by atoms with E-state index in [0.29, 0.717) is 17.5 Å². The summed E-state index contributed by atoms with van der Waals surface area (Å²) < 4.78 is 6.05. The van der Waals surface area contributed by atoms with Crippen LogP contribution >= 0.6 is 11.6 Å². The number of hydrogen-bond acceptors (Lipinski definition) is 6. The molecule has 2 aliphatic rings. The van der Waals surface area contributed by atoms with E-state index in [-0.39, 0.29) is 12.1 Å². The molecule has 2 N–H and O–H groups in total. The van der Waals surface area contributed by atoms with Gasteiger partial charge in [-0.15, -0.1) is 0 Å². The van der Waals surface area contributed by atoms with Crippen LogP contribution in [0, 0.1) is 19.8 Å². The number of piperidine rings is 1. The fraction of sp³-hybridized carbons (Fsp3) is 0.560. The number of aryl methyl sites for hydroxylation is 2. The van der Waals surface area contributed by atoms with Gasteiger partial charge in [0.15, 0.2) is 0 Å². The number of benzene rings is 1. The minimum Gasteiger partial charge on any atom is -0.494 e. The summed E-state index contributed by atoms with van der Waals surface area (Å²) in [5.41, 5.74) is 8.76. The normalized spacial score (nSPS) is 19.2. The van der Waals surface area contributed by atoms with Crippen molar-refractivity contribution >= 4 is 23.5 Å². The lowest BCUT2D eigenvalue weighted by Gasteiger charge is -2.32. The second kappa shape index (κ2) is 10.7. The van der Waals surface area contributed by atoms with Gasteiger partial charge in [-0.1, -0.05) is 11.6 Å². The van der Waals surface area contributed by atoms with Crippen molar-refractivity contribution in [2.24, 2.45) is 11.7 Å². The number of likely N-dealkylation sites (tertiary alicyclic amines) is 1. The van der Waals surface area contributed by atoms with Gasteiger partial charge in [-0.3, -0.25) is 4.79 Å². The van der Waals surface area contributed by atoms with Gasteiger partial charge in [-0.2, -0.15) is 0 Å². The smallest absolute Gasteiger partial charge is 0.255 e. The maximum absolute atomic E-state index is 13.0. The molecule has 1 aromatic carbocycles. The summed E-state index contributed by atoms with van der Waals surface area (Å²) in [6.07, 6.45) is 9.43. The quantitative estimate of drug-likeness (QED) is 0.604. The van der Waals surface area contributed by atoms with Crippen molar-refractivity contribution in [2.75, 3.05) is 31.1 Å². The van der Waals surface area contributed by atoms with Crippen molar-refractivity contribution in [1.82, 2.24) is 14.9 Å². The molecule has 0 saturated carbocycles. The van der Waals surface area contributed by atoms with Crippen molar-refractivity contribution < 1.29 is 9.53 Å². The Morgan fingerprint density at radius 3 is 2.39 bits per heavy atom. The lowest BCUT2D eigenvalue weighted by atomic mass is 9.92. The molecule has 4 rings (SSSR count). The first-order valence-electron chi connectivity index (χ1n) is 12.0. The Hall–Kier alpha value is -2.38. The third-order valence-corrected chi connectivity index (χ3v) is 7.00. The predicted octanol–water partition coefficient (Wildman–Crippen LogP) is 4.34. The van der Waals surface area contributed by atoms with Crippen molar-refractivity contribution in [3.8, 4) is 5.75 Å². The molecule has 1 aromatic heterocycles. The number of carbonyl (C=O) groups excluding carboxylic acids is 1. The molecule has 0 radical (unpaired) electrons. The molecule has 33 heavy (non-hydrogen) atoms. The zero-order valence-electron chi connectivity index (χ0n) is 19.6. The van der Waals surface area contributed by atoms with Crippen LogP contribution in [0.25, 0.3) is 0 Å². The van der Waals surface area contributed by atoms with Crippen molar-refractivity contribution in [3.05, 3.63) is 46.2 Å². The summed E-state index contributed by atoms with van der Waals surface area (Å²) in [6, 6.07) is 3.96. The molecular formula is C25H34ClN5O2. The van der Waals surface area contributed by atoms with Gasteiger partial charge >= 0.3 is 0 Å². The fourth-order valence-electron chi connectivity index (χ4n) is 4.99. The van der Waals surface area contributed by atoms with Gasteiger partial charge < -0.3 is 20.3 Å². The molecule has 2 aliphatic heterocycles. The molecule has 0 unspecified atom stereocenters. The maximum Gasteiger partial charge on any atom is 0.255 e. The van der Waals surface area contributed by atoms with Crippen LogP contribution in [-0.2, 0) is 0 Å². The highest BCUT2D eigenvalue weighted by molar-refractivity contribution is 6.30. The van der Waals surface area contributed by atoms with Gasteiger partial charge in [-0.25, -0.2) is 9.97 Å². The van der Waals surface area contributed by atoms with Gasteiger partial charge in [0, 0.05) is 25.2 Å². The number of ether oxygens (including phenoxy) is 1. The standard InChI is InChI=1S/C25H34ClN5O2/c1-17-13-21(14-18(2)23(17)24(32)31-9-3-6-22(31)27)33-12-4-5-19-7-10-30(11-8-19)25-28-15-20(26)16-29-25/h13-16,19,22H,3-12,27H2,1-2H3/t22-/m0/s1. The number of halogens is 1. The Kier molecular flexibility index (Phi) is 7.71. The molecule has 0 bridgehead atoms. The monoisotopic (exact) mass is 471 g/mol. The lowest BCUT2D eigenvalue weighted by molar-refractivity contribution is 0.0739. The van der Waals surface area contributed by atoms with E-state index < -0.39 is 0 Å². The van der Waals surface area contributed by atoms with E-state index in [1.54, 1.807) is 17.3 Å². The summed E-state index contributed by atoms with van der Waals surface area (Å²) in [7, 11) is 0. The van der Waals surface area contributed by atoms with Gasteiger partial charge in [0.1, 0.15) is 5.75 Å². The van der Waals surface area contributed by atoms with Gasteiger partial charge in [0.25, 0.3) is 5.91 Å². The first kappa shape index (κ1) is 23.8. The summed E-state index contributed by atoms with van der Waals surface area (Å²) >= 11 is 5.88. The van der Waals surface area contributed by atoms with E-state index in [0.717, 1.165) is 86.5 Å². The second-order valence-electron chi connectivity index (χ2n) is 9.26. The molecule has 7 nitrogen and oxygen atoms in total. The number of amides is 1. The van der Waals surface area contributed by atoms with Crippen molar-refractivity contribution in [3.63, 3.8) is 0 Å². The van der Waals surface area contributed by atoms with E-state index in [4.69, 9.17) is 22.1 Å². The minimum absolute atomic E-state index is 0.0388.